The van der Waals surface area contributed by atoms with Gasteiger partial charge >= 0.3 is 6.09 Å². The van der Waals surface area contributed by atoms with Gasteiger partial charge < -0.3 is 9.64 Å². The summed E-state index contributed by atoms with van der Waals surface area (Å²) in [5.41, 5.74) is 0.997. The van der Waals surface area contributed by atoms with Gasteiger partial charge in [-0.1, -0.05) is 30.3 Å². The fourth-order valence-corrected chi connectivity index (χ4v) is 4.23. The van der Waals surface area contributed by atoms with Gasteiger partial charge in [0, 0.05) is 24.3 Å². The van der Waals surface area contributed by atoms with Gasteiger partial charge in [0.1, 0.15) is 12.4 Å². The average Bonchev–Trinajstić information content (AvgIpc) is 2.87. The van der Waals surface area contributed by atoms with Crippen molar-refractivity contribution in [3.05, 3.63) is 35.9 Å². The van der Waals surface area contributed by atoms with Crippen molar-refractivity contribution < 1.29 is 14.3 Å². The molecule has 1 amide bonds. The maximum absolute atomic E-state index is 12.1. The summed E-state index contributed by atoms with van der Waals surface area (Å²) in [6, 6.07) is 9.69. The molecule has 21 heavy (non-hydrogen) atoms. The van der Waals surface area contributed by atoms with Gasteiger partial charge in [-0.25, -0.2) is 4.79 Å². The molecule has 2 aliphatic heterocycles. The summed E-state index contributed by atoms with van der Waals surface area (Å²) in [7, 11) is 0. The first-order chi connectivity index (χ1) is 10.2. The lowest BCUT2D eigenvalue weighted by Crippen LogP contribution is -2.44. The Kier molecular flexibility index (Phi) is 4.19. The predicted octanol–water partition coefficient (Wildman–Crippen LogP) is 2.86. The Morgan fingerprint density at radius 3 is 2.57 bits per heavy atom. The van der Waals surface area contributed by atoms with Gasteiger partial charge in [0.25, 0.3) is 0 Å². The van der Waals surface area contributed by atoms with E-state index in [4.69, 9.17) is 4.74 Å². The van der Waals surface area contributed by atoms with Crippen LogP contribution >= 0.6 is 11.8 Å². The van der Waals surface area contributed by atoms with E-state index >= 15 is 0 Å². The van der Waals surface area contributed by atoms with Gasteiger partial charge in [-0.05, 0) is 18.4 Å². The molecule has 0 atom stereocenters. The summed E-state index contributed by atoms with van der Waals surface area (Å²) in [5, 5.41) is 0. The van der Waals surface area contributed by atoms with Crippen LogP contribution in [0.4, 0.5) is 4.79 Å². The Balaban J connectivity index is 1.48. The number of ether oxygens (including phenoxy) is 1. The third-order valence-corrected chi connectivity index (χ3v) is 5.83. The standard InChI is InChI=1S/C16H19NO3S/c18-14-10-16(21-12-14)6-8-17(9-7-16)15(19)20-11-13-4-2-1-3-5-13/h1-5H,6-12H2. The molecule has 112 valence electrons. The van der Waals surface area contributed by atoms with Crippen molar-refractivity contribution in [1.29, 1.82) is 0 Å². The van der Waals surface area contributed by atoms with Crippen LogP contribution in [0.3, 0.4) is 0 Å². The largest absolute Gasteiger partial charge is 0.445 e. The Hall–Kier alpha value is -1.49. The second-order valence-electron chi connectivity index (χ2n) is 5.71. The van der Waals surface area contributed by atoms with E-state index in [1.165, 1.54) is 0 Å². The molecule has 0 radical (unpaired) electrons. The summed E-state index contributed by atoms with van der Waals surface area (Å²) in [5.74, 6) is 0.985. The van der Waals surface area contributed by atoms with Crippen molar-refractivity contribution in [3.8, 4) is 0 Å². The number of likely N-dealkylation sites (tertiary alicyclic amines) is 1. The van der Waals surface area contributed by atoms with E-state index in [1.54, 1.807) is 16.7 Å². The molecule has 3 rings (SSSR count). The summed E-state index contributed by atoms with van der Waals surface area (Å²) in [6.07, 6.45) is 2.21. The van der Waals surface area contributed by atoms with Crippen LogP contribution in [0.1, 0.15) is 24.8 Å². The van der Waals surface area contributed by atoms with E-state index in [0.29, 0.717) is 37.7 Å². The Labute approximate surface area is 128 Å². The minimum Gasteiger partial charge on any atom is -0.445 e. The number of amides is 1. The molecule has 2 heterocycles. The topological polar surface area (TPSA) is 46.6 Å². The van der Waals surface area contributed by atoms with E-state index in [0.717, 1.165) is 18.4 Å². The van der Waals surface area contributed by atoms with Crippen LogP contribution in [0, 0.1) is 0 Å². The summed E-state index contributed by atoms with van der Waals surface area (Å²) in [4.78, 5) is 25.3. The maximum Gasteiger partial charge on any atom is 0.410 e. The smallest absolute Gasteiger partial charge is 0.410 e. The summed E-state index contributed by atoms with van der Waals surface area (Å²) >= 11 is 1.77. The van der Waals surface area contributed by atoms with Crippen LogP contribution in [0.2, 0.25) is 0 Å². The molecule has 0 saturated carbocycles. The minimum atomic E-state index is -0.247. The zero-order valence-corrected chi connectivity index (χ0v) is 12.7. The van der Waals surface area contributed by atoms with Crippen LogP contribution in [0.5, 0.6) is 0 Å². The van der Waals surface area contributed by atoms with E-state index < -0.39 is 0 Å². The van der Waals surface area contributed by atoms with Crippen molar-refractivity contribution >= 4 is 23.6 Å². The molecule has 0 aromatic heterocycles. The van der Waals surface area contributed by atoms with Gasteiger partial charge in [0.15, 0.2) is 0 Å². The second kappa shape index (κ2) is 6.10. The van der Waals surface area contributed by atoms with Gasteiger partial charge in [0.2, 0.25) is 0 Å². The molecular weight excluding hydrogens is 286 g/mol. The normalized spacial score (nSPS) is 20.8. The molecule has 0 aliphatic carbocycles. The maximum atomic E-state index is 12.1. The van der Waals surface area contributed by atoms with Crippen molar-refractivity contribution in [2.75, 3.05) is 18.8 Å². The zero-order valence-electron chi connectivity index (χ0n) is 11.9. The average molecular weight is 305 g/mol. The lowest BCUT2D eigenvalue weighted by Gasteiger charge is -2.37. The first-order valence-electron chi connectivity index (χ1n) is 7.28. The van der Waals surface area contributed by atoms with Gasteiger partial charge in [0.05, 0.1) is 5.75 Å². The number of piperidine rings is 1. The van der Waals surface area contributed by atoms with Crippen LogP contribution < -0.4 is 0 Å². The molecule has 2 fully saturated rings. The van der Waals surface area contributed by atoms with Crippen molar-refractivity contribution in [3.63, 3.8) is 0 Å². The van der Waals surface area contributed by atoms with Crippen molar-refractivity contribution in [2.24, 2.45) is 0 Å². The van der Waals surface area contributed by atoms with Crippen molar-refractivity contribution in [2.45, 2.75) is 30.6 Å². The molecule has 1 spiro atoms. The lowest BCUT2D eigenvalue weighted by molar-refractivity contribution is -0.116. The highest BCUT2D eigenvalue weighted by Gasteiger charge is 2.42. The van der Waals surface area contributed by atoms with Gasteiger partial charge in [-0.2, -0.15) is 0 Å². The number of nitrogens with zero attached hydrogens (tertiary/aromatic N) is 1. The molecule has 2 saturated heterocycles. The van der Waals surface area contributed by atoms with E-state index in [-0.39, 0.29) is 10.8 Å². The number of Topliss-reactive ketones (excluding diaryl/α,β-unsaturated/α-hetero) is 1. The zero-order chi connectivity index (χ0) is 14.7. The van der Waals surface area contributed by atoms with Crippen LogP contribution in [-0.4, -0.2) is 40.4 Å². The van der Waals surface area contributed by atoms with Crippen LogP contribution in [-0.2, 0) is 16.1 Å². The monoisotopic (exact) mass is 305 g/mol. The second-order valence-corrected chi connectivity index (χ2v) is 7.16. The Morgan fingerprint density at radius 2 is 1.95 bits per heavy atom. The van der Waals surface area contributed by atoms with Gasteiger partial charge in [-0.3, -0.25) is 4.79 Å². The lowest BCUT2D eigenvalue weighted by atomic mass is 9.91. The highest BCUT2D eigenvalue weighted by molar-refractivity contribution is 8.01. The molecular formula is C16H19NO3S. The number of ketones is 1. The minimum absolute atomic E-state index is 0.0906. The van der Waals surface area contributed by atoms with Crippen molar-refractivity contribution in [1.82, 2.24) is 4.90 Å². The van der Waals surface area contributed by atoms with E-state index in [2.05, 4.69) is 0 Å². The number of carbonyl (C=O) groups excluding carboxylic acids is 2. The van der Waals surface area contributed by atoms with E-state index in [1.807, 2.05) is 30.3 Å². The Morgan fingerprint density at radius 1 is 1.24 bits per heavy atom. The summed E-state index contributed by atoms with van der Waals surface area (Å²) in [6.45, 7) is 1.69. The molecule has 0 bridgehead atoms. The molecule has 1 aromatic carbocycles. The number of hydrogen-bond donors (Lipinski definition) is 0. The molecule has 4 nitrogen and oxygen atoms in total. The third-order valence-electron chi connectivity index (χ3n) is 4.20. The fraction of sp³-hybridized carbons (Fsp3) is 0.500. The quantitative estimate of drug-likeness (QED) is 0.843. The van der Waals surface area contributed by atoms with Crippen LogP contribution in [0.15, 0.2) is 30.3 Å². The number of thioether (sulfide) groups is 1. The highest BCUT2D eigenvalue weighted by Crippen LogP contribution is 2.44. The SMILES string of the molecule is O=C1CSC2(CCN(C(=O)OCc3ccccc3)CC2)C1. The Bertz CT molecular complexity index is 524. The number of benzene rings is 1. The first-order valence-corrected chi connectivity index (χ1v) is 8.27. The molecule has 0 unspecified atom stereocenters. The fourth-order valence-electron chi connectivity index (χ4n) is 2.92. The summed E-state index contributed by atoms with van der Waals surface area (Å²) < 4.78 is 5.44. The molecule has 2 aliphatic rings. The third kappa shape index (κ3) is 3.40. The highest BCUT2D eigenvalue weighted by atomic mass is 32.2. The molecule has 0 N–H and O–H groups in total. The van der Waals surface area contributed by atoms with Gasteiger partial charge in [-0.15, -0.1) is 11.8 Å². The van der Waals surface area contributed by atoms with Crippen LogP contribution in [0.25, 0.3) is 0 Å². The molecule has 5 heteroatoms. The number of carbonyl (C=O) groups is 2. The number of rotatable bonds is 2. The predicted molar refractivity (Wildman–Crippen MR) is 82.2 cm³/mol. The first kappa shape index (κ1) is 14.4. The molecule has 1 aromatic rings. The number of hydrogen-bond acceptors (Lipinski definition) is 4. The van der Waals surface area contributed by atoms with E-state index in [9.17, 15) is 9.59 Å².